The molecule has 2 amide bonds. The van der Waals surface area contributed by atoms with Crippen molar-refractivity contribution >= 4 is 66.7 Å². The third-order valence-electron chi connectivity index (χ3n) is 8.08. The molecule has 2 heterocycles. The first-order chi connectivity index (χ1) is 24.6. The van der Waals surface area contributed by atoms with Gasteiger partial charge in [0.1, 0.15) is 12.1 Å². The molecule has 6 N–H and O–H groups in total. The SMILES string of the molecule is CC(C)C[C@H](NC(=O)OC1CCN(S(=O)(=O)c2ccc([N+](=O)[O-])cc2[N+](=O)[O-])CC1)C(=O)N[C@@H](CCCNC(=N)N)C(=O)c1nc2ccccc2s1. The Bertz CT molecular complexity index is 1910. The fraction of sp³-hybridized carbons (Fsp3) is 0.452. The van der Waals surface area contributed by atoms with E-state index in [2.05, 4.69) is 20.9 Å². The van der Waals surface area contributed by atoms with Crippen molar-refractivity contribution in [2.45, 2.75) is 69.0 Å². The zero-order valence-corrected chi connectivity index (χ0v) is 29.9. The van der Waals surface area contributed by atoms with Gasteiger partial charge in [-0.15, -0.1) is 11.3 Å². The number of ether oxygens (including phenoxy) is 1. The minimum Gasteiger partial charge on any atom is -0.446 e. The lowest BCUT2D eigenvalue weighted by Gasteiger charge is -2.31. The van der Waals surface area contributed by atoms with Crippen LogP contribution in [0.3, 0.4) is 0 Å². The quantitative estimate of drug-likeness (QED) is 0.0351. The summed E-state index contributed by atoms with van der Waals surface area (Å²) in [6.45, 7) is 3.63. The highest BCUT2D eigenvalue weighted by Crippen LogP contribution is 2.32. The highest BCUT2D eigenvalue weighted by molar-refractivity contribution is 7.89. The zero-order chi connectivity index (χ0) is 38.2. The number of thiazole rings is 1. The van der Waals surface area contributed by atoms with E-state index in [1.165, 1.54) is 11.3 Å². The van der Waals surface area contributed by atoms with Crippen LogP contribution in [0.5, 0.6) is 0 Å². The summed E-state index contributed by atoms with van der Waals surface area (Å²) < 4.78 is 33.8. The Kier molecular flexibility index (Phi) is 13.1. The molecule has 1 aliphatic rings. The maximum absolute atomic E-state index is 13.6. The second kappa shape index (κ2) is 17.3. The van der Waals surface area contributed by atoms with Gasteiger partial charge in [0.05, 0.1) is 32.2 Å². The number of benzene rings is 2. The molecule has 19 nitrogen and oxygen atoms in total. The largest absolute Gasteiger partial charge is 0.446 e. The van der Waals surface area contributed by atoms with Crippen LogP contribution in [0.2, 0.25) is 0 Å². The van der Waals surface area contributed by atoms with E-state index in [-0.39, 0.29) is 62.2 Å². The number of guanidine groups is 1. The van der Waals surface area contributed by atoms with Gasteiger partial charge in [-0.25, -0.2) is 18.2 Å². The normalized spacial score (nSPS) is 15.1. The summed E-state index contributed by atoms with van der Waals surface area (Å²) in [4.78, 5) is 64.7. The molecule has 0 radical (unpaired) electrons. The average Bonchev–Trinajstić information content (AvgIpc) is 3.53. The minimum absolute atomic E-state index is 0.0293. The van der Waals surface area contributed by atoms with Gasteiger partial charge in [-0.1, -0.05) is 26.0 Å². The van der Waals surface area contributed by atoms with Crippen molar-refractivity contribution in [1.82, 2.24) is 25.2 Å². The Morgan fingerprint density at radius 3 is 2.38 bits per heavy atom. The molecule has 0 aliphatic carbocycles. The van der Waals surface area contributed by atoms with Crippen LogP contribution in [0, 0.1) is 31.6 Å². The monoisotopic (exact) mass is 761 g/mol. The van der Waals surface area contributed by atoms with Gasteiger partial charge in [0.25, 0.3) is 11.4 Å². The number of nitrogens with zero attached hydrogens (tertiary/aromatic N) is 4. The van der Waals surface area contributed by atoms with Gasteiger partial charge < -0.3 is 26.4 Å². The van der Waals surface area contributed by atoms with Crippen molar-refractivity contribution in [1.29, 1.82) is 5.41 Å². The van der Waals surface area contributed by atoms with E-state index < -0.39 is 72.1 Å². The molecule has 3 aromatic rings. The predicted octanol–water partition coefficient (Wildman–Crippen LogP) is 3.04. The van der Waals surface area contributed by atoms with Crippen LogP contribution < -0.4 is 21.7 Å². The van der Waals surface area contributed by atoms with Crippen LogP contribution in [0.15, 0.2) is 47.4 Å². The number of Topliss-reactive ketones (excluding diaryl/α,β-unsaturated/α-hetero) is 1. The standard InChI is InChI=1S/C31H39N9O10S2/c1-18(2)16-23(28(42)35-22(7-5-13-34-30(32)33)27(41)29-36-21-6-3-4-8-25(21)51-29)37-31(43)50-20-11-14-38(15-12-20)52(48,49)26-10-9-19(39(44)45)17-24(26)40(46)47/h3-4,6,8-10,17-18,20,22-23H,5,7,11-16H2,1-2H3,(H,35,42)(H,37,43)(H4,32,33,34)/t22-,23-/m0/s1. The highest BCUT2D eigenvalue weighted by Gasteiger charge is 2.37. The minimum atomic E-state index is -4.43. The van der Waals surface area contributed by atoms with Gasteiger partial charge in [0.15, 0.2) is 15.9 Å². The Hall–Kier alpha value is -5.28. The summed E-state index contributed by atoms with van der Waals surface area (Å²) in [5.41, 5.74) is 4.44. The van der Waals surface area contributed by atoms with E-state index in [1.807, 2.05) is 26.0 Å². The molecule has 4 rings (SSSR count). The predicted molar refractivity (Wildman–Crippen MR) is 189 cm³/mol. The first kappa shape index (κ1) is 39.5. The molecule has 1 saturated heterocycles. The number of hydrogen-bond donors (Lipinski definition) is 5. The Morgan fingerprint density at radius 2 is 1.77 bits per heavy atom. The van der Waals surface area contributed by atoms with E-state index in [0.29, 0.717) is 18.0 Å². The van der Waals surface area contributed by atoms with Gasteiger partial charge in [0, 0.05) is 25.7 Å². The number of amides is 2. The van der Waals surface area contributed by atoms with Crippen LogP contribution in [-0.4, -0.2) is 89.1 Å². The van der Waals surface area contributed by atoms with Crippen molar-refractivity contribution < 1.29 is 37.4 Å². The lowest BCUT2D eigenvalue weighted by molar-refractivity contribution is -0.396. The molecular formula is C31H39N9O10S2. The molecule has 0 bridgehead atoms. The lowest BCUT2D eigenvalue weighted by atomic mass is 10.0. The number of fused-ring (bicyclic) bond motifs is 1. The van der Waals surface area contributed by atoms with Crippen LogP contribution in [-0.2, 0) is 19.6 Å². The molecule has 280 valence electrons. The molecule has 0 saturated carbocycles. The number of aromatic nitrogens is 1. The van der Waals surface area contributed by atoms with Gasteiger partial charge in [0.2, 0.25) is 21.7 Å². The molecule has 21 heteroatoms. The summed E-state index contributed by atoms with van der Waals surface area (Å²) >= 11 is 1.19. The Morgan fingerprint density at radius 1 is 1.08 bits per heavy atom. The molecule has 1 aromatic heterocycles. The fourth-order valence-corrected chi connectivity index (χ4v) is 8.10. The number of nitrogens with one attached hydrogen (secondary N) is 4. The van der Waals surface area contributed by atoms with E-state index in [0.717, 1.165) is 21.1 Å². The van der Waals surface area contributed by atoms with Gasteiger partial charge in [-0.3, -0.25) is 35.2 Å². The number of hydrogen-bond acceptors (Lipinski definition) is 13. The number of rotatable bonds is 16. The summed E-state index contributed by atoms with van der Waals surface area (Å²) in [6, 6.07) is 7.39. The number of para-hydroxylation sites is 1. The van der Waals surface area contributed by atoms with Gasteiger partial charge >= 0.3 is 6.09 Å². The average molecular weight is 762 g/mol. The lowest BCUT2D eigenvalue weighted by Crippen LogP contribution is -2.53. The first-order valence-electron chi connectivity index (χ1n) is 16.2. The molecular weight excluding hydrogens is 723 g/mol. The fourth-order valence-electron chi connectivity index (χ4n) is 5.54. The molecule has 52 heavy (non-hydrogen) atoms. The number of carbonyl (C=O) groups is 3. The van der Waals surface area contributed by atoms with Crippen molar-refractivity contribution in [3.63, 3.8) is 0 Å². The number of nitro benzene ring substituents is 2. The maximum atomic E-state index is 13.6. The van der Waals surface area contributed by atoms with Crippen molar-refractivity contribution in [2.24, 2.45) is 11.7 Å². The zero-order valence-electron chi connectivity index (χ0n) is 28.3. The van der Waals surface area contributed by atoms with Crippen molar-refractivity contribution in [3.8, 4) is 0 Å². The summed E-state index contributed by atoms with van der Waals surface area (Å²) in [5, 5.41) is 38.2. The topological polar surface area (TPSA) is 283 Å². The van der Waals surface area contributed by atoms with Gasteiger partial charge in [-0.05, 0) is 56.2 Å². The van der Waals surface area contributed by atoms with E-state index in [9.17, 15) is 43.0 Å². The Labute approximate surface area is 302 Å². The van der Waals surface area contributed by atoms with E-state index in [1.54, 1.807) is 12.1 Å². The third kappa shape index (κ3) is 10.2. The van der Waals surface area contributed by atoms with Crippen molar-refractivity contribution in [2.75, 3.05) is 19.6 Å². The van der Waals surface area contributed by atoms with E-state index in [4.69, 9.17) is 15.9 Å². The number of nitrogens with two attached hydrogens (primary N) is 1. The van der Waals surface area contributed by atoms with Gasteiger partial charge in [-0.2, -0.15) is 4.31 Å². The summed E-state index contributed by atoms with van der Waals surface area (Å²) in [6.07, 6.45) is -0.888. The number of carbonyl (C=O) groups excluding carboxylic acids is 3. The highest BCUT2D eigenvalue weighted by atomic mass is 32.2. The molecule has 0 spiro atoms. The number of piperidine rings is 1. The smallest absolute Gasteiger partial charge is 0.408 e. The van der Waals surface area contributed by atoms with Crippen LogP contribution >= 0.6 is 11.3 Å². The maximum Gasteiger partial charge on any atom is 0.408 e. The first-order valence-corrected chi connectivity index (χ1v) is 18.5. The second-order valence-corrected chi connectivity index (χ2v) is 15.3. The van der Waals surface area contributed by atoms with Crippen LogP contribution in [0.25, 0.3) is 10.2 Å². The number of sulfonamides is 1. The summed E-state index contributed by atoms with van der Waals surface area (Å²) in [5.74, 6) is -1.34. The van der Waals surface area contributed by atoms with Crippen LogP contribution in [0.4, 0.5) is 16.2 Å². The Balaban J connectivity index is 1.40. The second-order valence-electron chi connectivity index (χ2n) is 12.4. The summed E-state index contributed by atoms with van der Waals surface area (Å²) in [7, 11) is -4.43. The number of non-ortho nitro benzene ring substituents is 1. The third-order valence-corrected chi connectivity index (χ3v) is 11.1. The molecule has 1 aliphatic heterocycles. The molecule has 0 unspecified atom stereocenters. The number of nitro groups is 2. The molecule has 1 fully saturated rings. The van der Waals surface area contributed by atoms with Crippen LogP contribution in [0.1, 0.15) is 55.8 Å². The van der Waals surface area contributed by atoms with E-state index >= 15 is 0 Å². The molecule has 2 aromatic carbocycles. The number of alkyl carbamates (subject to hydrolysis) is 1. The van der Waals surface area contributed by atoms with Crippen molar-refractivity contribution in [3.05, 3.63) is 67.7 Å². The number of ketones is 1. The molecule has 2 atom stereocenters.